The average molecular weight is 430 g/mol. The van der Waals surface area contributed by atoms with Crippen LogP contribution in [0.15, 0.2) is 26.0 Å². The zero-order chi connectivity index (χ0) is 15.0. The first-order chi connectivity index (χ1) is 8.47. The maximum absolute atomic E-state index is 12.4. The second-order valence-electron chi connectivity index (χ2n) is 4.63. The monoisotopic (exact) mass is 428 g/mol. The fourth-order valence-corrected chi connectivity index (χ4v) is 4.46. The summed E-state index contributed by atoms with van der Waals surface area (Å²) < 4.78 is 28.4. The zero-order valence-corrected chi connectivity index (χ0v) is 15.4. The van der Waals surface area contributed by atoms with Crippen LogP contribution in [0.2, 0.25) is 0 Å². The van der Waals surface area contributed by atoms with Gasteiger partial charge in [0.15, 0.2) is 0 Å². The van der Waals surface area contributed by atoms with E-state index in [-0.39, 0.29) is 9.88 Å². The van der Waals surface area contributed by atoms with Crippen LogP contribution in [0.5, 0.6) is 0 Å². The van der Waals surface area contributed by atoms with Gasteiger partial charge in [-0.2, -0.15) is 4.72 Å². The molecule has 1 aromatic rings. The van der Waals surface area contributed by atoms with Crippen molar-refractivity contribution in [3.05, 3.63) is 26.6 Å². The number of sulfonamides is 1. The van der Waals surface area contributed by atoms with Gasteiger partial charge in [0, 0.05) is 8.95 Å². The van der Waals surface area contributed by atoms with Crippen molar-refractivity contribution in [1.29, 1.82) is 0 Å². The van der Waals surface area contributed by atoms with Crippen LogP contribution in [0, 0.1) is 6.92 Å². The summed E-state index contributed by atoms with van der Waals surface area (Å²) in [6.07, 6.45) is 0. The Labute approximate surface area is 135 Å². The van der Waals surface area contributed by atoms with Crippen molar-refractivity contribution in [2.45, 2.75) is 31.2 Å². The molecule has 0 aromatic heterocycles. The summed E-state index contributed by atoms with van der Waals surface area (Å²) in [5.41, 5.74) is 5.47. The summed E-state index contributed by atoms with van der Waals surface area (Å²) >= 11 is 11.4. The van der Waals surface area contributed by atoms with E-state index >= 15 is 0 Å². The molecule has 3 N–H and O–H groups in total. The van der Waals surface area contributed by atoms with Crippen LogP contribution in [-0.4, -0.2) is 18.9 Å². The number of nitrogens with two attached hydrogens (primary N) is 1. The Morgan fingerprint density at radius 3 is 2.32 bits per heavy atom. The lowest BCUT2D eigenvalue weighted by atomic mass is 10.1. The molecule has 0 heterocycles. The van der Waals surface area contributed by atoms with Gasteiger partial charge >= 0.3 is 0 Å². The number of hydrogen-bond donors (Lipinski definition) is 2. The minimum absolute atomic E-state index is 0.0818. The van der Waals surface area contributed by atoms with E-state index in [0.717, 1.165) is 5.56 Å². The van der Waals surface area contributed by atoms with E-state index in [9.17, 15) is 8.42 Å². The lowest BCUT2D eigenvalue weighted by molar-refractivity contribution is 0.545. The van der Waals surface area contributed by atoms with Crippen LogP contribution in [0.3, 0.4) is 0 Å². The number of benzene rings is 1. The van der Waals surface area contributed by atoms with Gasteiger partial charge in [0.1, 0.15) is 0 Å². The highest BCUT2D eigenvalue weighted by Gasteiger charge is 2.30. The molecule has 4 nitrogen and oxygen atoms in total. The SMILES string of the molecule is Cc1cc(Br)c(S(=O)(=O)NC(C)(C)C(N)=S)cc1Br. The van der Waals surface area contributed by atoms with E-state index in [2.05, 4.69) is 36.6 Å². The summed E-state index contributed by atoms with van der Waals surface area (Å²) in [5.74, 6) is 0. The second-order valence-corrected chi connectivity index (χ2v) is 8.43. The van der Waals surface area contributed by atoms with Crippen molar-refractivity contribution in [3.63, 3.8) is 0 Å². The van der Waals surface area contributed by atoms with E-state index < -0.39 is 15.6 Å². The van der Waals surface area contributed by atoms with Gasteiger partial charge in [0.25, 0.3) is 0 Å². The third-order valence-corrected chi connectivity index (χ3v) is 6.49. The van der Waals surface area contributed by atoms with Crippen molar-refractivity contribution in [3.8, 4) is 0 Å². The second kappa shape index (κ2) is 5.77. The maximum Gasteiger partial charge on any atom is 0.242 e. The van der Waals surface area contributed by atoms with Crippen molar-refractivity contribution >= 4 is 59.1 Å². The lowest BCUT2D eigenvalue weighted by Crippen LogP contribution is -2.52. The number of hydrogen-bond acceptors (Lipinski definition) is 3. The smallest absolute Gasteiger partial charge is 0.242 e. The Bertz CT molecular complexity index is 628. The minimum Gasteiger partial charge on any atom is -0.392 e. The molecular formula is C11H14Br2N2O2S2. The molecule has 0 unspecified atom stereocenters. The maximum atomic E-state index is 12.4. The van der Waals surface area contributed by atoms with Gasteiger partial charge in [-0.1, -0.05) is 28.1 Å². The Balaban J connectivity index is 3.30. The molecule has 0 radical (unpaired) electrons. The van der Waals surface area contributed by atoms with Crippen LogP contribution < -0.4 is 10.5 Å². The molecule has 19 heavy (non-hydrogen) atoms. The molecule has 1 rings (SSSR count). The first kappa shape index (κ1) is 17.0. The van der Waals surface area contributed by atoms with E-state index in [4.69, 9.17) is 18.0 Å². The van der Waals surface area contributed by atoms with Crippen LogP contribution in [0.25, 0.3) is 0 Å². The van der Waals surface area contributed by atoms with Gasteiger partial charge in [-0.15, -0.1) is 0 Å². The molecule has 0 saturated heterocycles. The standard InChI is InChI=1S/C11H14Br2N2O2S2/c1-6-4-8(13)9(5-7(6)12)19(16,17)15-11(2,3)10(14)18/h4-5,15H,1-3H3,(H2,14,18). The van der Waals surface area contributed by atoms with Gasteiger partial charge in [-0.05, 0) is 54.4 Å². The summed E-state index contributed by atoms with van der Waals surface area (Å²) in [6, 6.07) is 3.27. The number of nitrogens with one attached hydrogen (secondary N) is 1. The van der Waals surface area contributed by atoms with Crippen molar-refractivity contribution in [1.82, 2.24) is 4.72 Å². The highest BCUT2D eigenvalue weighted by atomic mass is 79.9. The van der Waals surface area contributed by atoms with Crippen LogP contribution in [0.1, 0.15) is 19.4 Å². The molecule has 0 bridgehead atoms. The normalized spacial score (nSPS) is 12.5. The van der Waals surface area contributed by atoms with Gasteiger partial charge < -0.3 is 5.73 Å². The fraction of sp³-hybridized carbons (Fsp3) is 0.364. The van der Waals surface area contributed by atoms with Gasteiger partial charge in [-0.3, -0.25) is 0 Å². The summed E-state index contributed by atoms with van der Waals surface area (Å²) in [6.45, 7) is 5.10. The van der Waals surface area contributed by atoms with Gasteiger partial charge in [-0.25, -0.2) is 8.42 Å². The average Bonchev–Trinajstić information content (AvgIpc) is 2.21. The predicted molar refractivity (Wildman–Crippen MR) is 87.8 cm³/mol. The topological polar surface area (TPSA) is 72.2 Å². The first-order valence-electron chi connectivity index (χ1n) is 5.27. The third kappa shape index (κ3) is 3.98. The molecule has 0 aliphatic carbocycles. The Kier molecular flexibility index (Phi) is 5.17. The van der Waals surface area contributed by atoms with Crippen molar-refractivity contribution in [2.24, 2.45) is 5.73 Å². The molecule has 106 valence electrons. The molecule has 0 aliphatic heterocycles. The molecule has 1 aromatic carbocycles. The Morgan fingerprint density at radius 2 is 1.84 bits per heavy atom. The molecule has 8 heteroatoms. The highest BCUT2D eigenvalue weighted by molar-refractivity contribution is 9.11. The minimum atomic E-state index is -3.73. The zero-order valence-electron chi connectivity index (χ0n) is 10.6. The van der Waals surface area contributed by atoms with Crippen molar-refractivity contribution < 1.29 is 8.42 Å². The summed E-state index contributed by atoms with van der Waals surface area (Å²) in [7, 11) is -3.73. The molecular weight excluding hydrogens is 416 g/mol. The van der Waals surface area contributed by atoms with E-state index in [1.807, 2.05) is 6.92 Å². The third-order valence-electron chi connectivity index (χ3n) is 2.51. The lowest BCUT2D eigenvalue weighted by Gasteiger charge is -2.24. The highest BCUT2D eigenvalue weighted by Crippen LogP contribution is 2.29. The first-order valence-corrected chi connectivity index (χ1v) is 8.74. The number of aryl methyl sites for hydroxylation is 1. The van der Waals surface area contributed by atoms with Gasteiger partial charge in [0.05, 0.1) is 15.4 Å². The molecule has 0 atom stereocenters. The summed E-state index contributed by atoms with van der Waals surface area (Å²) in [5, 5.41) is 0. The number of thiocarbonyl (C=S) groups is 1. The van der Waals surface area contributed by atoms with Gasteiger partial charge in [0.2, 0.25) is 10.0 Å². The van der Waals surface area contributed by atoms with E-state index in [1.165, 1.54) is 6.07 Å². The predicted octanol–water partition coefficient (Wildman–Crippen LogP) is 2.86. The Morgan fingerprint density at radius 1 is 1.32 bits per heavy atom. The van der Waals surface area contributed by atoms with E-state index in [0.29, 0.717) is 8.95 Å². The fourth-order valence-electron chi connectivity index (χ4n) is 1.28. The van der Waals surface area contributed by atoms with Crippen LogP contribution >= 0.6 is 44.1 Å². The summed E-state index contributed by atoms with van der Waals surface area (Å²) in [4.78, 5) is 0.215. The van der Waals surface area contributed by atoms with E-state index in [1.54, 1.807) is 19.9 Å². The van der Waals surface area contributed by atoms with Crippen LogP contribution in [0.4, 0.5) is 0 Å². The van der Waals surface area contributed by atoms with Crippen LogP contribution in [-0.2, 0) is 10.0 Å². The number of halogens is 2. The quantitative estimate of drug-likeness (QED) is 0.721. The molecule has 0 amide bonds. The molecule has 0 spiro atoms. The van der Waals surface area contributed by atoms with Crippen molar-refractivity contribution in [2.75, 3.05) is 0 Å². The molecule has 0 saturated carbocycles. The molecule has 0 fully saturated rings. The Hall–Kier alpha value is -0.0200. The number of rotatable bonds is 4. The largest absolute Gasteiger partial charge is 0.392 e. The molecule has 0 aliphatic rings.